The number of benzene rings is 1. The van der Waals surface area contributed by atoms with Gasteiger partial charge in [0.05, 0.1) is 0 Å². The molecule has 0 atom stereocenters. The van der Waals surface area contributed by atoms with Gasteiger partial charge in [0, 0.05) is 36.3 Å². The lowest BCUT2D eigenvalue weighted by Gasteiger charge is -2.21. The lowest BCUT2D eigenvalue weighted by atomic mass is 10.1. The van der Waals surface area contributed by atoms with E-state index in [2.05, 4.69) is 18.1 Å². The third-order valence-corrected chi connectivity index (χ3v) is 3.00. The van der Waals surface area contributed by atoms with Gasteiger partial charge in [-0.1, -0.05) is 12.2 Å². The summed E-state index contributed by atoms with van der Waals surface area (Å²) in [5.74, 6) is 0. The Labute approximate surface area is 112 Å². The van der Waals surface area contributed by atoms with E-state index < -0.39 is 0 Å². The first-order valence-corrected chi connectivity index (χ1v) is 6.17. The van der Waals surface area contributed by atoms with Crippen LogP contribution in [-0.2, 0) is 0 Å². The highest BCUT2D eigenvalue weighted by Gasteiger charge is 2.07. The SMILES string of the molecule is C=CCN(CC=C)c1ccc2c(C)cc(=O)oc2c1. The zero-order valence-corrected chi connectivity index (χ0v) is 11.1. The molecule has 0 N–H and O–H groups in total. The van der Waals surface area contributed by atoms with Crippen LogP contribution in [0.3, 0.4) is 0 Å². The smallest absolute Gasteiger partial charge is 0.336 e. The molecular weight excluding hydrogens is 238 g/mol. The Kier molecular flexibility index (Phi) is 3.85. The Bertz CT molecular complexity index is 660. The van der Waals surface area contributed by atoms with Gasteiger partial charge in [0.15, 0.2) is 0 Å². The van der Waals surface area contributed by atoms with Gasteiger partial charge in [0.2, 0.25) is 0 Å². The summed E-state index contributed by atoms with van der Waals surface area (Å²) in [6.07, 6.45) is 3.67. The first kappa shape index (κ1) is 13.1. The second kappa shape index (κ2) is 5.57. The first-order chi connectivity index (χ1) is 9.15. The van der Waals surface area contributed by atoms with E-state index in [4.69, 9.17) is 4.42 Å². The van der Waals surface area contributed by atoms with E-state index in [1.807, 2.05) is 37.3 Å². The lowest BCUT2D eigenvalue weighted by Crippen LogP contribution is -2.22. The van der Waals surface area contributed by atoms with Crippen LogP contribution in [-0.4, -0.2) is 13.1 Å². The number of hydrogen-bond acceptors (Lipinski definition) is 3. The van der Waals surface area contributed by atoms with Crippen LogP contribution in [0.4, 0.5) is 5.69 Å². The van der Waals surface area contributed by atoms with Crippen LogP contribution in [0.25, 0.3) is 11.0 Å². The molecule has 0 bridgehead atoms. The van der Waals surface area contributed by atoms with Crippen molar-refractivity contribution in [1.29, 1.82) is 0 Å². The van der Waals surface area contributed by atoms with Gasteiger partial charge in [-0.25, -0.2) is 4.79 Å². The summed E-state index contributed by atoms with van der Waals surface area (Å²) in [5.41, 5.74) is 2.21. The number of anilines is 1. The molecule has 3 nitrogen and oxygen atoms in total. The Balaban J connectivity index is 2.53. The Morgan fingerprint density at radius 1 is 1.21 bits per heavy atom. The zero-order chi connectivity index (χ0) is 13.8. The minimum Gasteiger partial charge on any atom is -0.423 e. The second-order valence-corrected chi connectivity index (χ2v) is 4.41. The molecule has 2 aromatic rings. The van der Waals surface area contributed by atoms with Crippen molar-refractivity contribution >= 4 is 16.7 Å². The molecule has 0 saturated heterocycles. The van der Waals surface area contributed by atoms with E-state index in [0.717, 1.165) is 16.6 Å². The molecule has 1 aromatic heterocycles. The van der Waals surface area contributed by atoms with Gasteiger partial charge in [-0.15, -0.1) is 13.2 Å². The maximum atomic E-state index is 11.4. The number of nitrogens with zero attached hydrogens (tertiary/aromatic N) is 1. The fourth-order valence-corrected chi connectivity index (χ4v) is 2.11. The van der Waals surface area contributed by atoms with Crippen LogP contribution < -0.4 is 10.5 Å². The van der Waals surface area contributed by atoms with Gasteiger partial charge in [-0.2, -0.15) is 0 Å². The van der Waals surface area contributed by atoms with Crippen molar-refractivity contribution in [2.45, 2.75) is 6.92 Å². The Morgan fingerprint density at radius 3 is 2.53 bits per heavy atom. The van der Waals surface area contributed by atoms with Crippen LogP contribution in [0.5, 0.6) is 0 Å². The normalized spacial score (nSPS) is 10.4. The van der Waals surface area contributed by atoms with Crippen molar-refractivity contribution in [3.05, 3.63) is 65.6 Å². The van der Waals surface area contributed by atoms with Gasteiger partial charge < -0.3 is 9.32 Å². The van der Waals surface area contributed by atoms with Crippen molar-refractivity contribution < 1.29 is 4.42 Å². The van der Waals surface area contributed by atoms with E-state index in [0.29, 0.717) is 18.7 Å². The van der Waals surface area contributed by atoms with Crippen LogP contribution >= 0.6 is 0 Å². The fourth-order valence-electron chi connectivity index (χ4n) is 2.11. The van der Waals surface area contributed by atoms with E-state index in [1.54, 1.807) is 0 Å². The topological polar surface area (TPSA) is 33.5 Å². The average molecular weight is 255 g/mol. The van der Waals surface area contributed by atoms with Crippen molar-refractivity contribution in [2.75, 3.05) is 18.0 Å². The molecule has 0 aliphatic rings. The summed E-state index contributed by atoms with van der Waals surface area (Å²) >= 11 is 0. The van der Waals surface area contributed by atoms with Crippen molar-refractivity contribution in [1.82, 2.24) is 0 Å². The maximum absolute atomic E-state index is 11.4. The van der Waals surface area contributed by atoms with E-state index in [-0.39, 0.29) is 5.63 Å². The molecule has 0 radical (unpaired) electrons. The predicted octanol–water partition coefficient (Wildman–Crippen LogP) is 3.28. The summed E-state index contributed by atoms with van der Waals surface area (Å²) in [7, 11) is 0. The number of fused-ring (bicyclic) bond motifs is 1. The maximum Gasteiger partial charge on any atom is 0.336 e. The molecule has 0 saturated carbocycles. The van der Waals surface area contributed by atoms with E-state index in [9.17, 15) is 4.79 Å². The first-order valence-electron chi connectivity index (χ1n) is 6.17. The van der Waals surface area contributed by atoms with Crippen LogP contribution in [0, 0.1) is 6.92 Å². The second-order valence-electron chi connectivity index (χ2n) is 4.41. The molecule has 0 fully saturated rings. The minimum atomic E-state index is -0.318. The number of rotatable bonds is 5. The van der Waals surface area contributed by atoms with E-state index in [1.165, 1.54) is 6.07 Å². The monoisotopic (exact) mass is 255 g/mol. The predicted molar refractivity (Wildman–Crippen MR) is 79.8 cm³/mol. The van der Waals surface area contributed by atoms with Gasteiger partial charge in [-0.3, -0.25) is 0 Å². The summed E-state index contributed by atoms with van der Waals surface area (Å²) < 4.78 is 5.26. The lowest BCUT2D eigenvalue weighted by molar-refractivity contribution is 0.560. The zero-order valence-electron chi connectivity index (χ0n) is 11.1. The molecule has 0 spiro atoms. The van der Waals surface area contributed by atoms with Crippen LogP contribution in [0.2, 0.25) is 0 Å². The highest BCUT2D eigenvalue weighted by molar-refractivity contribution is 5.83. The van der Waals surface area contributed by atoms with Crippen LogP contribution in [0.1, 0.15) is 5.56 Å². The van der Waals surface area contributed by atoms with Crippen molar-refractivity contribution in [2.24, 2.45) is 0 Å². The Hall–Kier alpha value is -2.29. The molecule has 0 aliphatic heterocycles. The molecule has 2 rings (SSSR count). The van der Waals surface area contributed by atoms with Crippen molar-refractivity contribution in [3.8, 4) is 0 Å². The third-order valence-electron chi connectivity index (χ3n) is 3.00. The summed E-state index contributed by atoms with van der Waals surface area (Å²) in [4.78, 5) is 13.5. The van der Waals surface area contributed by atoms with Gasteiger partial charge >= 0.3 is 5.63 Å². The van der Waals surface area contributed by atoms with Gasteiger partial charge in [0.25, 0.3) is 0 Å². The van der Waals surface area contributed by atoms with Crippen molar-refractivity contribution in [3.63, 3.8) is 0 Å². The standard InChI is InChI=1S/C16H17NO2/c1-4-8-17(9-5-2)13-6-7-14-12(3)10-16(18)19-15(14)11-13/h4-7,10-11H,1-2,8-9H2,3H3. The molecule has 0 unspecified atom stereocenters. The quantitative estimate of drug-likeness (QED) is 0.607. The third kappa shape index (κ3) is 2.76. The van der Waals surface area contributed by atoms with Gasteiger partial charge in [-0.05, 0) is 24.6 Å². The molecule has 1 heterocycles. The minimum absolute atomic E-state index is 0.318. The molecule has 98 valence electrons. The molecule has 19 heavy (non-hydrogen) atoms. The van der Waals surface area contributed by atoms with Crippen LogP contribution in [0.15, 0.2) is 58.8 Å². The molecule has 1 aromatic carbocycles. The fraction of sp³-hybridized carbons (Fsp3) is 0.188. The summed E-state index contributed by atoms with van der Waals surface area (Å²) in [5, 5.41) is 0.959. The average Bonchev–Trinajstić information content (AvgIpc) is 2.37. The molecule has 0 aliphatic carbocycles. The number of aryl methyl sites for hydroxylation is 1. The molecular formula is C16H17NO2. The van der Waals surface area contributed by atoms with Gasteiger partial charge in [0.1, 0.15) is 5.58 Å². The summed E-state index contributed by atoms with van der Waals surface area (Å²) in [6.45, 7) is 10.8. The largest absolute Gasteiger partial charge is 0.423 e. The van der Waals surface area contributed by atoms with E-state index >= 15 is 0 Å². The number of hydrogen-bond donors (Lipinski definition) is 0. The molecule has 0 amide bonds. The highest BCUT2D eigenvalue weighted by Crippen LogP contribution is 2.23. The summed E-state index contributed by atoms with van der Waals surface area (Å²) in [6, 6.07) is 7.38. The Morgan fingerprint density at radius 2 is 1.89 bits per heavy atom. The highest BCUT2D eigenvalue weighted by atomic mass is 16.4. The molecule has 3 heteroatoms.